The Bertz CT molecular complexity index is 821. The van der Waals surface area contributed by atoms with Crippen LogP contribution in [0, 0.1) is 17.3 Å². The molecular formula is C22H30F2N2O2. The summed E-state index contributed by atoms with van der Waals surface area (Å²) < 4.78 is 28.0. The molecule has 3 N–H and O–H groups in total. The predicted molar refractivity (Wildman–Crippen MR) is 103 cm³/mol. The number of alkyl halides is 2. The number of likely N-dealkylation sites (tertiary alicyclic amines) is 1. The van der Waals surface area contributed by atoms with Crippen molar-refractivity contribution in [2.75, 3.05) is 6.54 Å². The molecule has 2 aliphatic carbocycles. The molecule has 1 saturated carbocycles. The SMILES string of the molecule is CC(N)C1[C@H](C)CC2(C)C3Cc4ccc(O)cc4C12CCN3C(=O)C(C)(F)F. The van der Waals surface area contributed by atoms with Crippen LogP contribution in [0.5, 0.6) is 5.75 Å². The summed E-state index contributed by atoms with van der Waals surface area (Å²) in [7, 11) is 0. The van der Waals surface area contributed by atoms with Crippen molar-refractivity contribution in [3.8, 4) is 5.75 Å². The second-order valence-corrected chi connectivity index (χ2v) is 9.65. The predicted octanol–water partition coefficient (Wildman–Crippen LogP) is 3.45. The van der Waals surface area contributed by atoms with Crippen LogP contribution >= 0.6 is 0 Å². The summed E-state index contributed by atoms with van der Waals surface area (Å²) in [6.45, 7) is 7.34. The van der Waals surface area contributed by atoms with Crippen molar-refractivity contribution in [2.45, 2.75) is 70.4 Å². The number of nitrogens with zero attached hydrogens (tertiary/aromatic N) is 1. The van der Waals surface area contributed by atoms with Gasteiger partial charge in [-0.2, -0.15) is 8.78 Å². The van der Waals surface area contributed by atoms with Gasteiger partial charge in [0.15, 0.2) is 0 Å². The van der Waals surface area contributed by atoms with Crippen LogP contribution in [0.1, 0.15) is 51.7 Å². The Hall–Kier alpha value is -1.69. The number of fused-ring (bicyclic) bond motifs is 1. The van der Waals surface area contributed by atoms with Gasteiger partial charge in [0.2, 0.25) is 0 Å². The first-order chi connectivity index (χ1) is 12.9. The quantitative estimate of drug-likeness (QED) is 0.810. The number of amides is 1. The molecule has 1 heterocycles. The number of benzene rings is 1. The summed E-state index contributed by atoms with van der Waals surface area (Å²) in [5, 5.41) is 10.2. The molecule has 2 fully saturated rings. The lowest BCUT2D eigenvalue weighted by atomic mass is 9.48. The zero-order valence-electron chi connectivity index (χ0n) is 17.0. The summed E-state index contributed by atoms with van der Waals surface area (Å²) in [6.07, 6.45) is 1.96. The number of phenols is 1. The molecule has 4 rings (SSSR count). The maximum Gasteiger partial charge on any atom is 0.322 e. The van der Waals surface area contributed by atoms with Crippen LogP contribution in [0.2, 0.25) is 0 Å². The Labute approximate surface area is 165 Å². The maximum atomic E-state index is 14.0. The van der Waals surface area contributed by atoms with Gasteiger partial charge in [-0.25, -0.2) is 0 Å². The van der Waals surface area contributed by atoms with Crippen molar-refractivity contribution < 1.29 is 18.7 Å². The highest BCUT2D eigenvalue weighted by molar-refractivity contribution is 5.84. The monoisotopic (exact) mass is 392 g/mol. The Morgan fingerprint density at radius 2 is 2.11 bits per heavy atom. The Morgan fingerprint density at radius 1 is 1.43 bits per heavy atom. The third-order valence-electron chi connectivity index (χ3n) is 8.00. The van der Waals surface area contributed by atoms with Gasteiger partial charge in [0, 0.05) is 31.0 Å². The number of hydrogen-bond donors (Lipinski definition) is 2. The van der Waals surface area contributed by atoms with Crippen molar-refractivity contribution in [1.82, 2.24) is 4.90 Å². The van der Waals surface area contributed by atoms with Crippen LogP contribution in [0.15, 0.2) is 18.2 Å². The molecule has 1 aliphatic heterocycles. The third kappa shape index (κ3) is 2.33. The molecule has 0 aromatic heterocycles. The highest BCUT2D eigenvalue weighted by Gasteiger charge is 2.70. The average molecular weight is 392 g/mol. The second-order valence-electron chi connectivity index (χ2n) is 9.65. The summed E-state index contributed by atoms with van der Waals surface area (Å²) in [5.41, 5.74) is 7.95. The van der Waals surface area contributed by atoms with Crippen molar-refractivity contribution in [3.05, 3.63) is 29.3 Å². The molecule has 2 bridgehead atoms. The molecule has 3 aliphatic rings. The number of nitrogens with two attached hydrogens (primary N) is 1. The van der Waals surface area contributed by atoms with Gasteiger partial charge >= 0.3 is 5.92 Å². The maximum absolute atomic E-state index is 14.0. The van der Waals surface area contributed by atoms with Crippen molar-refractivity contribution in [2.24, 2.45) is 23.0 Å². The van der Waals surface area contributed by atoms with Crippen LogP contribution in [-0.4, -0.2) is 40.5 Å². The fourth-order valence-corrected chi connectivity index (χ4v) is 7.31. The average Bonchev–Trinajstić information content (AvgIpc) is 2.82. The van der Waals surface area contributed by atoms with Gasteiger partial charge in [0.1, 0.15) is 5.75 Å². The normalized spacial score (nSPS) is 38.0. The molecule has 1 aromatic rings. The van der Waals surface area contributed by atoms with E-state index in [9.17, 15) is 18.7 Å². The summed E-state index contributed by atoms with van der Waals surface area (Å²) in [5.74, 6) is -3.77. The van der Waals surface area contributed by atoms with E-state index in [0.29, 0.717) is 32.2 Å². The van der Waals surface area contributed by atoms with Gasteiger partial charge in [0.25, 0.3) is 5.91 Å². The first-order valence-electron chi connectivity index (χ1n) is 10.2. The third-order valence-corrected chi connectivity index (χ3v) is 8.00. The molecule has 4 nitrogen and oxygen atoms in total. The molecule has 28 heavy (non-hydrogen) atoms. The number of piperidine rings is 1. The minimum Gasteiger partial charge on any atom is -0.508 e. The van der Waals surface area contributed by atoms with E-state index in [1.54, 1.807) is 6.07 Å². The molecule has 0 spiro atoms. The first kappa shape index (κ1) is 19.6. The van der Waals surface area contributed by atoms with Crippen molar-refractivity contribution in [1.29, 1.82) is 0 Å². The van der Waals surface area contributed by atoms with Crippen molar-refractivity contribution in [3.63, 3.8) is 0 Å². The minimum atomic E-state index is -3.38. The lowest BCUT2D eigenvalue weighted by molar-refractivity contribution is -0.168. The number of carbonyl (C=O) groups excluding carboxylic acids is 1. The standard InChI is InChI=1S/C22H30F2N2O2/c1-12-11-20(3)17-9-14-5-6-15(27)10-16(14)22(20,18(12)13(2)25)7-8-26(17)19(28)21(4,23)24/h5-6,10,12-13,17-18,27H,7-9,11,25H2,1-4H3/t12-,13?,17?,18?,20?,22?/m1/s1. The van der Waals surface area contributed by atoms with E-state index in [0.717, 1.165) is 17.5 Å². The molecule has 6 heteroatoms. The lowest BCUT2D eigenvalue weighted by Gasteiger charge is -2.62. The fourth-order valence-electron chi connectivity index (χ4n) is 7.31. The van der Waals surface area contributed by atoms with Gasteiger partial charge in [-0.05, 0) is 66.7 Å². The van der Waals surface area contributed by atoms with E-state index >= 15 is 0 Å². The zero-order chi connectivity index (χ0) is 20.6. The first-order valence-corrected chi connectivity index (χ1v) is 10.2. The number of aromatic hydroxyl groups is 1. The van der Waals surface area contributed by atoms with Crippen LogP contribution in [0.25, 0.3) is 0 Å². The van der Waals surface area contributed by atoms with Gasteiger partial charge < -0.3 is 15.7 Å². The Balaban J connectivity index is 1.94. The number of halogens is 2. The van der Waals surface area contributed by atoms with Crippen LogP contribution in [-0.2, 0) is 16.6 Å². The van der Waals surface area contributed by atoms with Crippen LogP contribution in [0.4, 0.5) is 8.78 Å². The molecule has 5 unspecified atom stereocenters. The number of phenolic OH excluding ortho intramolecular Hbond substituents is 1. The van der Waals surface area contributed by atoms with E-state index in [1.807, 2.05) is 19.1 Å². The Morgan fingerprint density at radius 3 is 2.71 bits per heavy atom. The second kappa shape index (κ2) is 5.91. The summed E-state index contributed by atoms with van der Waals surface area (Å²) in [6, 6.07) is 5.03. The van der Waals surface area contributed by atoms with E-state index in [2.05, 4.69) is 13.8 Å². The van der Waals surface area contributed by atoms with Crippen LogP contribution < -0.4 is 5.73 Å². The van der Waals surface area contributed by atoms with Crippen molar-refractivity contribution >= 4 is 5.91 Å². The summed E-state index contributed by atoms with van der Waals surface area (Å²) >= 11 is 0. The molecule has 154 valence electrons. The number of hydrogen-bond acceptors (Lipinski definition) is 3. The smallest absolute Gasteiger partial charge is 0.322 e. The molecule has 1 amide bonds. The molecular weight excluding hydrogens is 362 g/mol. The fraction of sp³-hybridized carbons (Fsp3) is 0.682. The van der Waals surface area contributed by atoms with E-state index in [4.69, 9.17) is 5.73 Å². The molecule has 0 radical (unpaired) electrons. The van der Waals surface area contributed by atoms with Crippen LogP contribution in [0.3, 0.4) is 0 Å². The summed E-state index contributed by atoms with van der Waals surface area (Å²) in [4.78, 5) is 14.1. The molecule has 6 atom stereocenters. The number of carbonyl (C=O) groups is 1. The van der Waals surface area contributed by atoms with E-state index in [1.165, 1.54) is 4.90 Å². The van der Waals surface area contributed by atoms with Gasteiger partial charge in [-0.3, -0.25) is 4.79 Å². The molecule has 1 saturated heterocycles. The topological polar surface area (TPSA) is 66.6 Å². The lowest BCUT2D eigenvalue weighted by Crippen LogP contribution is -2.68. The number of rotatable bonds is 2. The van der Waals surface area contributed by atoms with Gasteiger partial charge in [0.05, 0.1) is 0 Å². The Kier molecular flexibility index (Phi) is 4.14. The zero-order valence-corrected chi connectivity index (χ0v) is 17.0. The van der Waals surface area contributed by atoms with Gasteiger partial charge in [-0.1, -0.05) is 19.9 Å². The van der Waals surface area contributed by atoms with E-state index in [-0.39, 0.29) is 34.6 Å². The molecule has 1 aromatic carbocycles. The van der Waals surface area contributed by atoms with E-state index < -0.39 is 11.8 Å². The minimum absolute atomic E-state index is 0.0689. The highest BCUT2D eigenvalue weighted by Crippen LogP contribution is 2.69. The highest BCUT2D eigenvalue weighted by atomic mass is 19.3. The van der Waals surface area contributed by atoms with Gasteiger partial charge in [-0.15, -0.1) is 0 Å². The largest absolute Gasteiger partial charge is 0.508 e.